The van der Waals surface area contributed by atoms with Gasteiger partial charge in [-0.2, -0.15) is 0 Å². The van der Waals surface area contributed by atoms with Crippen LogP contribution in [0.2, 0.25) is 5.02 Å². The normalized spacial score (nSPS) is 23.5. The second-order valence-electron chi connectivity index (χ2n) is 10.5. The van der Waals surface area contributed by atoms with Crippen molar-refractivity contribution in [2.24, 2.45) is 11.8 Å². The minimum atomic E-state index is -0.149. The molecule has 1 N–H and O–H groups in total. The van der Waals surface area contributed by atoms with Gasteiger partial charge in [0.25, 0.3) is 0 Å². The summed E-state index contributed by atoms with van der Waals surface area (Å²) >= 11 is 12.9. The summed E-state index contributed by atoms with van der Waals surface area (Å²) in [5, 5.41) is 4.95. The predicted molar refractivity (Wildman–Crippen MR) is 158 cm³/mol. The lowest BCUT2D eigenvalue weighted by atomic mass is 9.91. The highest BCUT2D eigenvalue weighted by Crippen LogP contribution is 2.44. The van der Waals surface area contributed by atoms with Crippen molar-refractivity contribution >= 4 is 40.3 Å². The number of nitrogens with one attached hydrogen (secondary N) is 1. The number of nitrogens with zero attached hydrogens (tertiary/aromatic N) is 5. The molecule has 6 rings (SSSR count). The van der Waals surface area contributed by atoms with Crippen molar-refractivity contribution in [1.82, 2.24) is 19.9 Å². The number of hydrogen-bond acceptors (Lipinski definition) is 4. The summed E-state index contributed by atoms with van der Waals surface area (Å²) in [5.74, 6) is 1.29. The van der Waals surface area contributed by atoms with Gasteiger partial charge >= 0.3 is 0 Å². The van der Waals surface area contributed by atoms with Crippen LogP contribution in [0.25, 0.3) is 5.69 Å². The standard InChI is InChI=1S/C30H31ClN6S/c1-20-15-21(2)19-35(18-20)26-11-10-22(16-24(26)31)37-29(28(34-30(37)38)25-8-3-4-13-33-25)27-9-6-14-36(27)23-7-5-12-32-17-23/h3-14,16-17,20-21,28-29H,15,18-19H2,1-2H3,(H,34,38)/t20-,21-,28+,29+/m1/s1. The Morgan fingerprint density at radius 2 is 1.79 bits per heavy atom. The molecule has 5 heterocycles. The maximum atomic E-state index is 6.98. The van der Waals surface area contributed by atoms with Gasteiger partial charge < -0.3 is 19.7 Å². The van der Waals surface area contributed by atoms with Gasteiger partial charge in [-0.1, -0.05) is 31.5 Å². The molecule has 2 fully saturated rings. The molecule has 4 atom stereocenters. The van der Waals surface area contributed by atoms with Crippen LogP contribution in [-0.2, 0) is 0 Å². The van der Waals surface area contributed by atoms with E-state index < -0.39 is 0 Å². The number of benzene rings is 1. The van der Waals surface area contributed by atoms with Crippen molar-refractivity contribution in [3.05, 3.63) is 102 Å². The van der Waals surface area contributed by atoms with Gasteiger partial charge in [0.2, 0.25) is 0 Å². The van der Waals surface area contributed by atoms with Crippen LogP contribution in [0.15, 0.2) is 85.5 Å². The van der Waals surface area contributed by atoms with Gasteiger partial charge in [0, 0.05) is 43.1 Å². The number of hydrogen-bond donors (Lipinski definition) is 1. The number of piperidine rings is 1. The lowest BCUT2D eigenvalue weighted by Gasteiger charge is -2.37. The summed E-state index contributed by atoms with van der Waals surface area (Å²) in [6.07, 6.45) is 8.81. The Labute approximate surface area is 234 Å². The zero-order chi connectivity index (χ0) is 26.2. The number of thiocarbonyl (C=S) groups is 1. The van der Waals surface area contributed by atoms with Crippen molar-refractivity contribution < 1.29 is 0 Å². The summed E-state index contributed by atoms with van der Waals surface area (Å²) in [7, 11) is 0. The molecule has 38 heavy (non-hydrogen) atoms. The molecule has 4 aromatic rings. The smallest absolute Gasteiger partial charge is 0.174 e. The summed E-state index contributed by atoms with van der Waals surface area (Å²) in [6, 6.07) is 20.3. The second-order valence-corrected chi connectivity index (χ2v) is 11.3. The minimum absolute atomic E-state index is 0.142. The molecule has 0 radical (unpaired) electrons. The third kappa shape index (κ3) is 4.65. The first-order valence-corrected chi connectivity index (χ1v) is 13.9. The van der Waals surface area contributed by atoms with Crippen LogP contribution in [-0.4, -0.2) is 32.7 Å². The van der Waals surface area contributed by atoms with Gasteiger partial charge in [0.1, 0.15) is 6.04 Å². The van der Waals surface area contributed by atoms with Crippen molar-refractivity contribution in [2.45, 2.75) is 32.4 Å². The van der Waals surface area contributed by atoms with E-state index in [0.29, 0.717) is 16.9 Å². The van der Waals surface area contributed by atoms with E-state index in [-0.39, 0.29) is 12.1 Å². The molecule has 3 aromatic heterocycles. The van der Waals surface area contributed by atoms with E-state index in [0.717, 1.165) is 46.6 Å². The average Bonchev–Trinajstić information content (AvgIpc) is 3.53. The molecular formula is C30H31ClN6S. The van der Waals surface area contributed by atoms with Gasteiger partial charge in [0.05, 0.1) is 34.3 Å². The highest BCUT2D eigenvalue weighted by Gasteiger charge is 2.42. The van der Waals surface area contributed by atoms with Gasteiger partial charge in [-0.15, -0.1) is 0 Å². The molecule has 1 aromatic carbocycles. The Hall–Kier alpha value is -3.42. The molecule has 0 bridgehead atoms. The molecule has 194 valence electrons. The van der Waals surface area contributed by atoms with Gasteiger partial charge in [-0.25, -0.2) is 0 Å². The van der Waals surface area contributed by atoms with Gasteiger partial charge in [-0.3, -0.25) is 9.97 Å². The van der Waals surface area contributed by atoms with E-state index in [2.05, 4.69) is 86.1 Å². The molecule has 0 amide bonds. The summed E-state index contributed by atoms with van der Waals surface area (Å²) < 4.78 is 2.17. The summed E-state index contributed by atoms with van der Waals surface area (Å²) in [4.78, 5) is 13.6. The van der Waals surface area contributed by atoms with E-state index in [1.807, 2.05) is 36.7 Å². The van der Waals surface area contributed by atoms with E-state index in [4.69, 9.17) is 23.8 Å². The Morgan fingerprint density at radius 1 is 0.947 bits per heavy atom. The summed E-state index contributed by atoms with van der Waals surface area (Å²) in [6.45, 7) is 6.68. The number of aromatic nitrogens is 3. The number of pyridine rings is 2. The SMILES string of the molecule is C[C@@H]1C[C@@H](C)CN(c2ccc(N3C(=S)N[C@@H](c4ccccn4)[C@@H]3c3cccn3-c3cccnc3)cc2Cl)C1. The molecule has 2 aliphatic heterocycles. The van der Waals surface area contributed by atoms with Crippen LogP contribution in [0, 0.1) is 11.8 Å². The molecule has 0 spiro atoms. The largest absolute Gasteiger partial charge is 0.370 e. The van der Waals surface area contributed by atoms with Crippen LogP contribution in [0.5, 0.6) is 0 Å². The zero-order valence-corrected chi connectivity index (χ0v) is 23.1. The monoisotopic (exact) mass is 542 g/mol. The second kappa shape index (κ2) is 10.4. The van der Waals surface area contributed by atoms with Crippen molar-refractivity contribution in [3.8, 4) is 5.69 Å². The van der Waals surface area contributed by atoms with Crippen LogP contribution in [0.3, 0.4) is 0 Å². The quantitative estimate of drug-likeness (QED) is 0.287. The van der Waals surface area contributed by atoms with E-state index >= 15 is 0 Å². The highest BCUT2D eigenvalue weighted by atomic mass is 35.5. The topological polar surface area (TPSA) is 49.2 Å². The Balaban J connectivity index is 1.42. The van der Waals surface area contributed by atoms with Crippen molar-refractivity contribution in [2.75, 3.05) is 22.9 Å². The molecule has 0 saturated carbocycles. The van der Waals surface area contributed by atoms with Crippen LogP contribution in [0.1, 0.15) is 43.7 Å². The number of anilines is 2. The minimum Gasteiger partial charge on any atom is -0.370 e. The molecular weight excluding hydrogens is 512 g/mol. The van der Waals surface area contributed by atoms with Crippen LogP contribution < -0.4 is 15.1 Å². The molecule has 8 heteroatoms. The predicted octanol–water partition coefficient (Wildman–Crippen LogP) is 6.58. The first kappa shape index (κ1) is 24.9. The highest BCUT2D eigenvalue weighted by molar-refractivity contribution is 7.80. The van der Waals surface area contributed by atoms with Crippen LogP contribution in [0.4, 0.5) is 11.4 Å². The van der Waals surface area contributed by atoms with E-state index in [9.17, 15) is 0 Å². The van der Waals surface area contributed by atoms with Crippen molar-refractivity contribution in [1.29, 1.82) is 0 Å². The maximum absolute atomic E-state index is 6.98. The van der Waals surface area contributed by atoms with Crippen molar-refractivity contribution in [3.63, 3.8) is 0 Å². The average molecular weight is 543 g/mol. The first-order valence-electron chi connectivity index (χ1n) is 13.1. The maximum Gasteiger partial charge on any atom is 0.174 e. The fraction of sp³-hybridized carbons (Fsp3) is 0.300. The number of rotatable bonds is 5. The Morgan fingerprint density at radius 3 is 2.50 bits per heavy atom. The fourth-order valence-corrected chi connectivity index (χ4v) is 6.70. The number of halogens is 1. The lowest BCUT2D eigenvalue weighted by molar-refractivity contribution is 0.357. The Kier molecular flexibility index (Phi) is 6.80. The molecule has 2 saturated heterocycles. The molecule has 6 nitrogen and oxygen atoms in total. The first-order chi connectivity index (χ1) is 18.5. The van der Waals surface area contributed by atoms with Gasteiger partial charge in [-0.05, 0) is 85.1 Å². The Bertz CT molecular complexity index is 1420. The van der Waals surface area contributed by atoms with Crippen LogP contribution >= 0.6 is 23.8 Å². The zero-order valence-electron chi connectivity index (χ0n) is 21.5. The molecule has 0 aliphatic carbocycles. The summed E-state index contributed by atoms with van der Waals surface area (Å²) in [5.41, 5.74) is 5.05. The van der Waals surface area contributed by atoms with E-state index in [1.54, 1.807) is 6.20 Å². The third-order valence-electron chi connectivity index (χ3n) is 7.52. The molecule has 0 unspecified atom stereocenters. The lowest BCUT2D eigenvalue weighted by Crippen LogP contribution is -2.38. The third-order valence-corrected chi connectivity index (χ3v) is 8.14. The van der Waals surface area contributed by atoms with Gasteiger partial charge in [0.15, 0.2) is 5.11 Å². The fourth-order valence-electron chi connectivity index (χ4n) is 6.06. The molecule has 2 aliphatic rings. The van der Waals surface area contributed by atoms with E-state index in [1.165, 1.54) is 6.42 Å².